The highest BCUT2D eigenvalue weighted by Gasteiger charge is 2.06. The number of allylic oxidation sites excluding steroid dienone is 1. The number of rotatable bonds is 6. The Kier molecular flexibility index (Phi) is 12.2. The minimum absolute atomic E-state index is 0.781. The van der Waals surface area contributed by atoms with Crippen LogP contribution in [0.15, 0.2) is 40.0 Å². The van der Waals surface area contributed by atoms with E-state index in [4.69, 9.17) is 10.7 Å². The predicted molar refractivity (Wildman–Crippen MR) is 129 cm³/mol. The average molecular weight is 399 g/mol. The summed E-state index contributed by atoms with van der Waals surface area (Å²) in [5.74, 6) is 1.75. The van der Waals surface area contributed by atoms with Crippen LogP contribution in [-0.2, 0) is 0 Å². The first-order chi connectivity index (χ1) is 13.9. The molecule has 1 fully saturated rings. The minimum atomic E-state index is 0.781. The van der Waals surface area contributed by atoms with Crippen LogP contribution in [0.3, 0.4) is 0 Å². The molecule has 0 unspecified atom stereocenters. The quantitative estimate of drug-likeness (QED) is 0.440. The fourth-order valence-corrected chi connectivity index (χ4v) is 3.51. The molecular weight excluding hydrogens is 356 g/mol. The topological polar surface area (TPSA) is 62.8 Å². The number of nitrogens with zero attached hydrogens (tertiary/aromatic N) is 2. The van der Waals surface area contributed by atoms with Crippen molar-refractivity contribution in [2.75, 3.05) is 13.1 Å². The number of hydrogen-bond acceptors (Lipinski definition) is 3. The Balaban J connectivity index is 0.000000502. The van der Waals surface area contributed by atoms with Crippen molar-refractivity contribution in [3.05, 3.63) is 41.1 Å². The standard InChI is InChI=1S/C19H29N3.C6H13N/c1-6-8-17(13-20)19(9-7-2)22-16(5)21-18-11-14(3)10-15(4)12-18;1-6-2-4-7-5-3-6/h10-13H,6-9,20H2,1-5H3;6-7H,2-5H2,1H3/b17-13-,21-16?,22-19?;. The van der Waals surface area contributed by atoms with E-state index in [-0.39, 0.29) is 0 Å². The molecular formula is C25H42N4. The summed E-state index contributed by atoms with van der Waals surface area (Å²) in [7, 11) is 0. The molecule has 0 radical (unpaired) electrons. The lowest BCUT2D eigenvalue weighted by Gasteiger charge is -2.17. The lowest BCUT2D eigenvalue weighted by atomic mass is 10.0. The van der Waals surface area contributed by atoms with Gasteiger partial charge in [-0.15, -0.1) is 0 Å². The zero-order chi connectivity index (χ0) is 21.6. The molecule has 1 aromatic carbocycles. The van der Waals surface area contributed by atoms with E-state index in [2.05, 4.69) is 63.1 Å². The van der Waals surface area contributed by atoms with Crippen LogP contribution in [0.1, 0.15) is 77.3 Å². The highest BCUT2D eigenvalue weighted by atomic mass is 14.9. The fraction of sp³-hybridized carbons (Fsp3) is 0.600. The number of aliphatic imine (C=N–C) groups is 2. The third-order valence-electron chi connectivity index (χ3n) is 5.00. The molecule has 1 heterocycles. The molecule has 0 aromatic heterocycles. The summed E-state index contributed by atoms with van der Waals surface area (Å²) in [6.07, 6.45) is 8.47. The largest absolute Gasteiger partial charge is 0.404 e. The van der Waals surface area contributed by atoms with E-state index in [9.17, 15) is 0 Å². The third kappa shape index (κ3) is 10.4. The summed E-state index contributed by atoms with van der Waals surface area (Å²) in [6, 6.07) is 6.31. The van der Waals surface area contributed by atoms with Crippen molar-refractivity contribution >= 4 is 17.2 Å². The number of amidine groups is 1. The fourth-order valence-electron chi connectivity index (χ4n) is 3.51. The van der Waals surface area contributed by atoms with E-state index in [1.54, 1.807) is 6.20 Å². The Hall–Kier alpha value is -1.94. The molecule has 4 nitrogen and oxygen atoms in total. The van der Waals surface area contributed by atoms with E-state index >= 15 is 0 Å². The van der Waals surface area contributed by atoms with Crippen LogP contribution in [0, 0.1) is 19.8 Å². The maximum atomic E-state index is 5.78. The maximum absolute atomic E-state index is 5.78. The van der Waals surface area contributed by atoms with Gasteiger partial charge in [-0.3, -0.25) is 0 Å². The summed E-state index contributed by atoms with van der Waals surface area (Å²) >= 11 is 0. The SMILES string of the molecule is CC1CCNCC1.CCCC(=NC(C)=Nc1cc(C)cc(C)c1)/C(=C\N)CCC. The van der Waals surface area contributed by atoms with Gasteiger partial charge in [-0.25, -0.2) is 9.98 Å². The first kappa shape index (κ1) is 25.1. The first-order valence-corrected chi connectivity index (χ1v) is 11.2. The first-order valence-electron chi connectivity index (χ1n) is 11.2. The molecule has 0 spiro atoms. The smallest absolute Gasteiger partial charge is 0.126 e. The zero-order valence-corrected chi connectivity index (χ0v) is 19.5. The molecule has 1 aliphatic rings. The second-order valence-electron chi connectivity index (χ2n) is 8.19. The third-order valence-corrected chi connectivity index (χ3v) is 5.00. The van der Waals surface area contributed by atoms with Gasteiger partial charge in [0.05, 0.1) is 5.69 Å². The normalized spacial score (nSPS) is 16.4. The van der Waals surface area contributed by atoms with Crippen molar-refractivity contribution in [2.45, 2.75) is 80.1 Å². The van der Waals surface area contributed by atoms with Crippen molar-refractivity contribution in [1.82, 2.24) is 5.32 Å². The van der Waals surface area contributed by atoms with E-state index in [1.165, 1.54) is 37.1 Å². The van der Waals surface area contributed by atoms with Crippen LogP contribution in [-0.4, -0.2) is 24.6 Å². The van der Waals surface area contributed by atoms with Gasteiger partial charge in [0.2, 0.25) is 0 Å². The summed E-state index contributed by atoms with van der Waals surface area (Å²) in [6.45, 7) is 15.2. The van der Waals surface area contributed by atoms with Crippen LogP contribution in [0.4, 0.5) is 5.69 Å². The van der Waals surface area contributed by atoms with Crippen LogP contribution in [0.5, 0.6) is 0 Å². The van der Waals surface area contributed by atoms with E-state index in [0.29, 0.717) is 0 Å². The van der Waals surface area contributed by atoms with E-state index < -0.39 is 0 Å². The number of hydrogen-bond donors (Lipinski definition) is 2. The van der Waals surface area contributed by atoms with Crippen LogP contribution >= 0.6 is 0 Å². The van der Waals surface area contributed by atoms with Gasteiger partial charge in [0.25, 0.3) is 0 Å². The van der Waals surface area contributed by atoms with Gasteiger partial charge in [-0.1, -0.05) is 39.7 Å². The molecule has 1 saturated heterocycles. The van der Waals surface area contributed by atoms with Crippen LogP contribution in [0.25, 0.3) is 0 Å². The molecule has 0 atom stereocenters. The van der Waals surface area contributed by atoms with Gasteiger partial charge in [-0.2, -0.15) is 0 Å². The monoisotopic (exact) mass is 398 g/mol. The Morgan fingerprint density at radius 3 is 2.10 bits per heavy atom. The highest BCUT2D eigenvalue weighted by Crippen LogP contribution is 2.18. The highest BCUT2D eigenvalue weighted by molar-refractivity contribution is 6.07. The Labute approximate surface area is 178 Å². The summed E-state index contributed by atoms with van der Waals surface area (Å²) in [5.41, 5.74) is 11.4. The van der Waals surface area contributed by atoms with Crippen molar-refractivity contribution < 1.29 is 0 Å². The van der Waals surface area contributed by atoms with Gasteiger partial charge in [0, 0.05) is 5.71 Å². The van der Waals surface area contributed by atoms with Gasteiger partial charge in [0.1, 0.15) is 5.84 Å². The van der Waals surface area contributed by atoms with Crippen LogP contribution in [0.2, 0.25) is 0 Å². The number of nitrogens with two attached hydrogens (primary N) is 1. The Morgan fingerprint density at radius 1 is 1.07 bits per heavy atom. The average Bonchev–Trinajstić information content (AvgIpc) is 2.66. The molecule has 0 saturated carbocycles. The lowest BCUT2D eigenvalue weighted by molar-refractivity contribution is 0.402. The molecule has 0 bridgehead atoms. The number of benzene rings is 1. The Bertz CT molecular complexity index is 675. The lowest BCUT2D eigenvalue weighted by Crippen LogP contribution is -2.26. The van der Waals surface area contributed by atoms with Crippen molar-refractivity contribution in [1.29, 1.82) is 0 Å². The van der Waals surface area contributed by atoms with Crippen molar-refractivity contribution in [3.63, 3.8) is 0 Å². The molecule has 1 aliphatic heterocycles. The summed E-state index contributed by atoms with van der Waals surface area (Å²) in [4.78, 5) is 9.37. The Morgan fingerprint density at radius 2 is 1.66 bits per heavy atom. The molecule has 1 aromatic rings. The van der Waals surface area contributed by atoms with Gasteiger partial charge in [0.15, 0.2) is 0 Å². The van der Waals surface area contributed by atoms with Gasteiger partial charge in [-0.05, 0) is 100 Å². The summed E-state index contributed by atoms with van der Waals surface area (Å²) < 4.78 is 0. The second-order valence-corrected chi connectivity index (χ2v) is 8.19. The van der Waals surface area contributed by atoms with E-state index in [1.807, 2.05) is 6.92 Å². The zero-order valence-electron chi connectivity index (χ0n) is 19.5. The minimum Gasteiger partial charge on any atom is -0.404 e. The molecule has 0 aliphatic carbocycles. The molecule has 29 heavy (non-hydrogen) atoms. The number of piperidine rings is 1. The van der Waals surface area contributed by atoms with Crippen LogP contribution < -0.4 is 11.1 Å². The molecule has 2 rings (SSSR count). The molecule has 4 heteroatoms. The maximum Gasteiger partial charge on any atom is 0.126 e. The van der Waals surface area contributed by atoms with Crippen molar-refractivity contribution in [2.24, 2.45) is 21.6 Å². The predicted octanol–water partition coefficient (Wildman–Crippen LogP) is 6.24. The van der Waals surface area contributed by atoms with E-state index in [0.717, 1.165) is 54.4 Å². The molecule has 3 N–H and O–H groups in total. The summed E-state index contributed by atoms with van der Waals surface area (Å²) in [5, 5.41) is 3.32. The number of nitrogens with one attached hydrogen (secondary N) is 1. The molecule has 0 amide bonds. The number of aryl methyl sites for hydroxylation is 2. The van der Waals surface area contributed by atoms with Gasteiger partial charge < -0.3 is 11.1 Å². The second kappa shape index (κ2) is 14.1. The molecule has 162 valence electrons. The van der Waals surface area contributed by atoms with Crippen molar-refractivity contribution in [3.8, 4) is 0 Å². The van der Waals surface area contributed by atoms with Gasteiger partial charge >= 0.3 is 0 Å².